The van der Waals surface area contributed by atoms with Gasteiger partial charge in [0.1, 0.15) is 0 Å². The molecule has 2 fully saturated rings. The molecule has 1 aromatic heterocycles. The smallest absolute Gasteiger partial charge is 0.306 e. The Labute approximate surface area is 217 Å². The maximum atomic E-state index is 11.6. The van der Waals surface area contributed by atoms with Gasteiger partial charge >= 0.3 is 5.97 Å². The zero-order chi connectivity index (χ0) is 24.1. The number of hydrogen-bond acceptors (Lipinski definition) is 4. The molecule has 2 saturated heterocycles. The summed E-state index contributed by atoms with van der Waals surface area (Å²) in [7, 11) is 0. The first-order valence-electron chi connectivity index (χ1n) is 12.6. The van der Waals surface area contributed by atoms with Gasteiger partial charge in [-0.1, -0.05) is 42.6 Å². The summed E-state index contributed by atoms with van der Waals surface area (Å²) >= 11 is 14.3. The molecule has 1 aromatic carbocycles. The lowest BCUT2D eigenvalue weighted by Crippen LogP contribution is -2.39. The van der Waals surface area contributed by atoms with Crippen molar-refractivity contribution in [3.8, 4) is 0 Å². The van der Waals surface area contributed by atoms with Crippen molar-refractivity contribution < 1.29 is 9.90 Å². The lowest BCUT2D eigenvalue weighted by Gasteiger charge is -2.35. The van der Waals surface area contributed by atoms with Crippen LogP contribution in [0.4, 0.5) is 0 Å². The molecule has 0 radical (unpaired) electrons. The van der Waals surface area contributed by atoms with Crippen LogP contribution < -0.4 is 0 Å². The third-order valence-electron chi connectivity index (χ3n) is 7.70. The number of carboxylic acid groups (broad SMARTS) is 1. The number of carboxylic acids is 1. The highest BCUT2D eigenvalue weighted by atomic mass is 35.5. The van der Waals surface area contributed by atoms with Crippen LogP contribution in [0.25, 0.3) is 0 Å². The minimum atomic E-state index is -0.616. The molecular formula is C27H36Cl2N2O2S. The van der Waals surface area contributed by atoms with Gasteiger partial charge in [-0.15, -0.1) is 0 Å². The minimum Gasteiger partial charge on any atom is -0.481 e. The number of thiophene rings is 1. The summed E-state index contributed by atoms with van der Waals surface area (Å²) < 4.78 is 0. The number of nitrogens with zero attached hydrogens (tertiary/aromatic N) is 2. The van der Waals surface area contributed by atoms with Gasteiger partial charge in [-0.3, -0.25) is 9.69 Å². The van der Waals surface area contributed by atoms with Crippen LogP contribution in [0.15, 0.2) is 35.0 Å². The first-order chi connectivity index (χ1) is 16.4. The highest BCUT2D eigenvalue weighted by Crippen LogP contribution is 2.37. The van der Waals surface area contributed by atoms with Crippen LogP contribution in [0.3, 0.4) is 0 Å². The average Bonchev–Trinajstić information content (AvgIpc) is 3.46. The van der Waals surface area contributed by atoms with Crippen molar-refractivity contribution in [1.82, 2.24) is 9.80 Å². The molecule has 2 aliphatic heterocycles. The van der Waals surface area contributed by atoms with E-state index in [-0.39, 0.29) is 5.92 Å². The second-order valence-electron chi connectivity index (χ2n) is 10.2. The highest BCUT2D eigenvalue weighted by molar-refractivity contribution is 7.08. The molecule has 7 heteroatoms. The summed E-state index contributed by atoms with van der Waals surface area (Å²) in [5.41, 5.74) is 2.59. The van der Waals surface area contributed by atoms with E-state index >= 15 is 0 Å². The predicted molar refractivity (Wildman–Crippen MR) is 142 cm³/mol. The number of piperidine rings is 1. The van der Waals surface area contributed by atoms with E-state index in [9.17, 15) is 9.90 Å². The molecule has 0 aliphatic carbocycles. The molecule has 4 rings (SSSR count). The number of halogens is 2. The summed E-state index contributed by atoms with van der Waals surface area (Å²) in [4.78, 5) is 16.7. The molecule has 3 heterocycles. The fraction of sp³-hybridized carbons (Fsp3) is 0.593. The van der Waals surface area contributed by atoms with Gasteiger partial charge in [0, 0.05) is 42.1 Å². The van der Waals surface area contributed by atoms with Crippen molar-refractivity contribution in [2.45, 2.75) is 51.5 Å². The quantitative estimate of drug-likeness (QED) is 0.369. The first-order valence-corrected chi connectivity index (χ1v) is 14.3. The highest BCUT2D eigenvalue weighted by Gasteiger charge is 2.36. The molecule has 4 nitrogen and oxygen atoms in total. The molecule has 0 amide bonds. The van der Waals surface area contributed by atoms with Crippen LogP contribution in [0.1, 0.15) is 56.1 Å². The Balaban J connectivity index is 1.35. The maximum Gasteiger partial charge on any atom is 0.306 e. The number of hydrogen-bond donors (Lipinski definition) is 1. The van der Waals surface area contributed by atoms with Gasteiger partial charge in [-0.2, -0.15) is 11.3 Å². The van der Waals surface area contributed by atoms with Crippen molar-refractivity contribution in [2.75, 3.05) is 32.7 Å². The first kappa shape index (κ1) is 26.0. The number of aliphatic carboxylic acids is 1. The number of likely N-dealkylation sites (tertiary alicyclic amines) is 2. The summed E-state index contributed by atoms with van der Waals surface area (Å²) in [6, 6.07) is 8.09. The molecular weight excluding hydrogens is 487 g/mol. The van der Waals surface area contributed by atoms with Crippen LogP contribution in [-0.2, 0) is 11.3 Å². The molecule has 0 bridgehead atoms. The lowest BCUT2D eigenvalue weighted by molar-refractivity contribution is -0.142. The van der Waals surface area contributed by atoms with E-state index in [1.165, 1.54) is 5.56 Å². The molecule has 2 aliphatic rings. The van der Waals surface area contributed by atoms with Gasteiger partial charge in [0.25, 0.3) is 0 Å². The molecule has 1 N–H and O–H groups in total. The number of rotatable bonds is 10. The molecule has 2 aromatic rings. The second-order valence-corrected chi connectivity index (χ2v) is 11.8. The van der Waals surface area contributed by atoms with Gasteiger partial charge < -0.3 is 10.0 Å². The standard InChI is InChI=1S/C27H36Cl2N2O2S/c1-2-3-20(27(32)33)12-19-6-9-30(10-7-19)15-23-16-31(17-25(23)22-8-11-34-18-22)14-21-4-5-24(28)13-26(21)29/h4-5,8,11,13,18-20,23,25H,2-3,6-7,9-10,12,14-17H2,1H3,(H,32,33)/t20?,23-,25+/m0/s1. The van der Waals surface area contributed by atoms with E-state index in [1.54, 1.807) is 11.3 Å². The fourth-order valence-electron chi connectivity index (χ4n) is 5.86. The van der Waals surface area contributed by atoms with E-state index in [4.69, 9.17) is 23.2 Å². The summed E-state index contributed by atoms with van der Waals surface area (Å²) in [5, 5.41) is 15.4. The van der Waals surface area contributed by atoms with E-state index in [0.29, 0.717) is 22.8 Å². The Morgan fingerprint density at radius 2 is 1.97 bits per heavy atom. The SMILES string of the molecule is CCCC(CC1CCN(C[C@H]2CN(Cc3ccc(Cl)cc3Cl)C[C@@H]2c2ccsc2)CC1)C(=O)O. The Bertz CT molecular complexity index is 931. The van der Waals surface area contributed by atoms with Crippen LogP contribution >= 0.6 is 34.5 Å². The zero-order valence-electron chi connectivity index (χ0n) is 20.0. The maximum absolute atomic E-state index is 11.6. The van der Waals surface area contributed by atoms with Crippen molar-refractivity contribution in [3.63, 3.8) is 0 Å². The van der Waals surface area contributed by atoms with Gasteiger partial charge in [0.15, 0.2) is 0 Å². The largest absolute Gasteiger partial charge is 0.481 e. The zero-order valence-corrected chi connectivity index (χ0v) is 22.3. The van der Waals surface area contributed by atoms with E-state index in [2.05, 4.69) is 33.6 Å². The molecule has 0 spiro atoms. The van der Waals surface area contributed by atoms with Crippen LogP contribution in [0.2, 0.25) is 10.0 Å². The van der Waals surface area contributed by atoms with Gasteiger partial charge in [0.2, 0.25) is 0 Å². The molecule has 3 atom stereocenters. The minimum absolute atomic E-state index is 0.174. The van der Waals surface area contributed by atoms with Crippen molar-refractivity contribution in [3.05, 3.63) is 56.2 Å². The van der Waals surface area contributed by atoms with Crippen LogP contribution in [0, 0.1) is 17.8 Å². The number of carbonyl (C=O) groups is 1. The summed E-state index contributed by atoms with van der Waals surface area (Å²) in [6.07, 6.45) is 4.82. The fourth-order valence-corrected chi connectivity index (χ4v) is 7.05. The predicted octanol–water partition coefficient (Wildman–Crippen LogP) is 6.87. The topological polar surface area (TPSA) is 43.8 Å². The van der Waals surface area contributed by atoms with E-state index < -0.39 is 5.97 Å². The number of benzene rings is 1. The van der Waals surface area contributed by atoms with Gasteiger partial charge in [-0.05, 0) is 90.7 Å². The third-order valence-corrected chi connectivity index (χ3v) is 8.99. The third kappa shape index (κ3) is 6.76. The van der Waals surface area contributed by atoms with Crippen LogP contribution in [0.5, 0.6) is 0 Å². The van der Waals surface area contributed by atoms with E-state index in [1.807, 2.05) is 18.2 Å². The second kappa shape index (κ2) is 12.2. The van der Waals surface area contributed by atoms with Gasteiger partial charge in [0.05, 0.1) is 5.92 Å². The van der Waals surface area contributed by atoms with Crippen molar-refractivity contribution in [1.29, 1.82) is 0 Å². The lowest BCUT2D eigenvalue weighted by atomic mass is 9.84. The van der Waals surface area contributed by atoms with Crippen molar-refractivity contribution in [2.24, 2.45) is 17.8 Å². The normalized spacial score (nSPS) is 23.4. The van der Waals surface area contributed by atoms with Gasteiger partial charge in [-0.25, -0.2) is 0 Å². The van der Waals surface area contributed by atoms with E-state index in [0.717, 1.165) is 82.0 Å². The Kier molecular flexibility index (Phi) is 9.34. The van der Waals surface area contributed by atoms with Crippen LogP contribution in [-0.4, -0.2) is 53.6 Å². The molecule has 186 valence electrons. The molecule has 1 unspecified atom stereocenters. The molecule has 34 heavy (non-hydrogen) atoms. The molecule has 0 saturated carbocycles. The Hall–Kier alpha value is -1.11. The average molecular weight is 524 g/mol. The monoisotopic (exact) mass is 522 g/mol. The summed E-state index contributed by atoms with van der Waals surface area (Å²) in [5.74, 6) is 0.881. The Morgan fingerprint density at radius 3 is 2.62 bits per heavy atom. The van der Waals surface area contributed by atoms with Crippen molar-refractivity contribution >= 4 is 40.5 Å². The summed E-state index contributed by atoms with van der Waals surface area (Å²) in [6.45, 7) is 8.32. The Morgan fingerprint density at radius 1 is 1.18 bits per heavy atom.